The number of aryl methyl sites for hydroxylation is 1. The van der Waals surface area contributed by atoms with E-state index < -0.39 is 8.07 Å². The lowest BCUT2D eigenvalue weighted by Gasteiger charge is -2.38. The molecule has 0 radical (unpaired) electrons. The molecular formula is C26H32N3Si+. The van der Waals surface area contributed by atoms with E-state index in [4.69, 9.17) is 5.73 Å². The van der Waals surface area contributed by atoms with Gasteiger partial charge < -0.3 is 10.6 Å². The van der Waals surface area contributed by atoms with Crippen molar-refractivity contribution in [2.24, 2.45) is 0 Å². The Labute approximate surface area is 181 Å². The van der Waals surface area contributed by atoms with E-state index in [1.807, 2.05) is 6.07 Å². The minimum atomic E-state index is -1.90. The molecule has 2 aromatic rings. The monoisotopic (exact) mass is 414 g/mol. The third-order valence-corrected chi connectivity index (χ3v) is 9.98. The van der Waals surface area contributed by atoms with E-state index in [1.54, 1.807) is 0 Å². The van der Waals surface area contributed by atoms with E-state index in [-0.39, 0.29) is 0 Å². The maximum Gasteiger partial charge on any atom is 0.199 e. The fraction of sp³-hybridized carbons (Fsp3) is 0.269. The Kier molecular flexibility index (Phi) is 4.86. The van der Waals surface area contributed by atoms with Crippen LogP contribution in [0.25, 0.3) is 5.57 Å². The van der Waals surface area contributed by atoms with Crippen LogP contribution in [0.4, 0.5) is 11.4 Å². The highest BCUT2D eigenvalue weighted by atomic mass is 28.3. The summed E-state index contributed by atoms with van der Waals surface area (Å²) in [6.45, 7) is 7.14. The van der Waals surface area contributed by atoms with Crippen LogP contribution in [0.1, 0.15) is 16.7 Å². The van der Waals surface area contributed by atoms with Gasteiger partial charge in [0, 0.05) is 37.6 Å². The zero-order valence-corrected chi connectivity index (χ0v) is 20.2. The minimum Gasteiger partial charge on any atom is -0.399 e. The van der Waals surface area contributed by atoms with Crippen molar-refractivity contribution < 1.29 is 4.58 Å². The Morgan fingerprint density at radius 1 is 0.933 bits per heavy atom. The second-order valence-electron chi connectivity index (χ2n) is 9.32. The molecule has 2 aliphatic rings. The molecule has 0 bridgehead atoms. The number of hydrogen-bond donors (Lipinski definition) is 1. The lowest BCUT2D eigenvalue weighted by atomic mass is 9.87. The molecule has 2 aromatic carbocycles. The van der Waals surface area contributed by atoms with Gasteiger partial charge in [-0.15, -0.1) is 0 Å². The van der Waals surface area contributed by atoms with Gasteiger partial charge in [0.25, 0.3) is 0 Å². The van der Waals surface area contributed by atoms with Crippen LogP contribution in [-0.4, -0.2) is 46.6 Å². The third-order valence-electron chi connectivity index (χ3n) is 6.46. The third kappa shape index (κ3) is 3.16. The molecule has 4 rings (SSSR count). The van der Waals surface area contributed by atoms with Gasteiger partial charge in [0.05, 0.1) is 0 Å². The van der Waals surface area contributed by atoms with E-state index in [2.05, 4.69) is 106 Å². The average molecular weight is 415 g/mol. The Morgan fingerprint density at radius 2 is 1.67 bits per heavy atom. The van der Waals surface area contributed by atoms with Crippen LogP contribution < -0.4 is 15.8 Å². The number of nitrogens with two attached hydrogens (primary N) is 1. The lowest BCUT2D eigenvalue weighted by molar-refractivity contribution is -0.462. The SMILES string of the molecule is Cc1ccc(N)cc1C1=C2C=CC(=[N+](C)C)C=C2[Si](C)(C)c2cc(N(C)C)ccc21. The normalized spacial score (nSPS) is 16.8. The molecule has 0 saturated heterocycles. The minimum absolute atomic E-state index is 0.808. The van der Waals surface area contributed by atoms with Crippen molar-refractivity contribution in [1.82, 2.24) is 0 Å². The van der Waals surface area contributed by atoms with Crippen LogP contribution in [0.15, 0.2) is 65.4 Å². The lowest BCUT2D eigenvalue weighted by Crippen LogP contribution is -2.49. The summed E-state index contributed by atoms with van der Waals surface area (Å²) in [5.41, 5.74) is 16.1. The van der Waals surface area contributed by atoms with E-state index >= 15 is 0 Å². The fourth-order valence-electron chi connectivity index (χ4n) is 4.58. The summed E-state index contributed by atoms with van der Waals surface area (Å²) in [6.07, 6.45) is 6.97. The highest BCUT2D eigenvalue weighted by Crippen LogP contribution is 2.42. The maximum atomic E-state index is 6.24. The van der Waals surface area contributed by atoms with Crippen molar-refractivity contribution in [3.63, 3.8) is 0 Å². The van der Waals surface area contributed by atoms with Gasteiger partial charge in [-0.3, -0.25) is 0 Å². The Morgan fingerprint density at radius 3 is 2.33 bits per heavy atom. The van der Waals surface area contributed by atoms with E-state index in [0.29, 0.717) is 0 Å². The number of benzene rings is 2. The molecule has 0 fully saturated rings. The predicted octanol–water partition coefficient (Wildman–Crippen LogP) is 4.12. The summed E-state index contributed by atoms with van der Waals surface area (Å²) < 4.78 is 2.20. The standard InChI is InChI=1S/C26H32N3Si/c1-17-8-9-18(27)14-23(17)26-21-12-10-19(28(2)3)15-24(21)30(6,7)25-16-20(29(4)5)11-13-22(25)26/h8-16H,27H2,1-7H3/q+1. The predicted molar refractivity (Wildman–Crippen MR) is 134 cm³/mol. The molecule has 0 saturated carbocycles. The maximum absolute atomic E-state index is 6.24. The van der Waals surface area contributed by atoms with Crippen molar-refractivity contribution in [2.75, 3.05) is 38.8 Å². The second kappa shape index (κ2) is 7.13. The second-order valence-corrected chi connectivity index (χ2v) is 13.7. The highest BCUT2D eigenvalue weighted by molar-refractivity contribution is 6.98. The van der Waals surface area contributed by atoms with Crippen LogP contribution in [-0.2, 0) is 0 Å². The van der Waals surface area contributed by atoms with E-state index in [1.165, 1.54) is 49.6 Å². The number of allylic oxidation sites excluding steroid dienone is 5. The van der Waals surface area contributed by atoms with Gasteiger partial charge in [0.15, 0.2) is 5.71 Å². The van der Waals surface area contributed by atoms with Crippen LogP contribution in [0.2, 0.25) is 13.1 Å². The van der Waals surface area contributed by atoms with Crippen molar-refractivity contribution in [3.05, 3.63) is 82.1 Å². The molecule has 0 atom stereocenters. The number of nitrogen functional groups attached to an aromatic ring is 1. The van der Waals surface area contributed by atoms with E-state index in [0.717, 1.165) is 5.69 Å². The van der Waals surface area contributed by atoms with Crippen LogP contribution in [0.3, 0.4) is 0 Å². The van der Waals surface area contributed by atoms with Crippen LogP contribution in [0, 0.1) is 6.92 Å². The van der Waals surface area contributed by atoms with E-state index in [9.17, 15) is 0 Å². The van der Waals surface area contributed by atoms with Gasteiger partial charge >= 0.3 is 0 Å². The zero-order valence-electron chi connectivity index (χ0n) is 19.2. The molecule has 3 nitrogen and oxygen atoms in total. The molecule has 1 aliphatic heterocycles. The van der Waals surface area contributed by atoms with Crippen molar-refractivity contribution in [2.45, 2.75) is 20.0 Å². The van der Waals surface area contributed by atoms with Gasteiger partial charge in [-0.2, -0.15) is 0 Å². The van der Waals surface area contributed by atoms with Gasteiger partial charge in [-0.25, -0.2) is 4.58 Å². The molecule has 0 amide bonds. The summed E-state index contributed by atoms with van der Waals surface area (Å²) in [5.74, 6) is 0. The molecule has 0 unspecified atom stereocenters. The van der Waals surface area contributed by atoms with Gasteiger partial charge in [0.2, 0.25) is 0 Å². The molecule has 0 aromatic heterocycles. The average Bonchev–Trinajstić information content (AvgIpc) is 2.70. The van der Waals surface area contributed by atoms with Crippen molar-refractivity contribution in [3.8, 4) is 0 Å². The first-order valence-electron chi connectivity index (χ1n) is 10.5. The highest BCUT2D eigenvalue weighted by Gasteiger charge is 2.40. The number of hydrogen-bond acceptors (Lipinski definition) is 2. The molecule has 0 spiro atoms. The van der Waals surface area contributed by atoms with Crippen molar-refractivity contribution >= 4 is 35.9 Å². The first-order valence-corrected chi connectivity index (χ1v) is 13.5. The Hall–Kier alpha value is -2.85. The first-order chi connectivity index (χ1) is 14.1. The first kappa shape index (κ1) is 20.4. The molecular weight excluding hydrogens is 382 g/mol. The summed E-state index contributed by atoms with van der Waals surface area (Å²) >= 11 is 0. The number of anilines is 2. The summed E-state index contributed by atoms with van der Waals surface area (Å²) in [4.78, 5) is 2.20. The zero-order chi connectivity index (χ0) is 21.8. The Balaban J connectivity index is 2.12. The molecule has 1 heterocycles. The van der Waals surface area contributed by atoms with Crippen molar-refractivity contribution in [1.29, 1.82) is 0 Å². The molecule has 154 valence electrons. The van der Waals surface area contributed by atoms with Crippen LogP contribution in [0.5, 0.6) is 0 Å². The summed E-state index contributed by atoms with van der Waals surface area (Å²) in [7, 11) is 6.56. The Bertz CT molecular complexity index is 1170. The van der Waals surface area contributed by atoms with Gasteiger partial charge in [-0.1, -0.05) is 25.2 Å². The molecule has 4 heteroatoms. The largest absolute Gasteiger partial charge is 0.399 e. The number of fused-ring (bicyclic) bond motifs is 2. The molecule has 2 N–H and O–H groups in total. The molecule has 30 heavy (non-hydrogen) atoms. The number of nitrogens with zero attached hydrogens (tertiary/aromatic N) is 2. The summed E-state index contributed by atoms with van der Waals surface area (Å²) in [6, 6.07) is 13.2. The van der Waals surface area contributed by atoms with Crippen LogP contribution >= 0.6 is 0 Å². The molecule has 1 aliphatic carbocycles. The number of rotatable bonds is 2. The van der Waals surface area contributed by atoms with Gasteiger partial charge in [-0.05, 0) is 75.5 Å². The summed E-state index contributed by atoms with van der Waals surface area (Å²) in [5, 5.41) is 2.99. The van der Waals surface area contributed by atoms with Gasteiger partial charge in [0.1, 0.15) is 22.2 Å². The quantitative estimate of drug-likeness (QED) is 0.455. The smallest absolute Gasteiger partial charge is 0.199 e. The fourth-order valence-corrected chi connectivity index (χ4v) is 7.65. The topological polar surface area (TPSA) is 32.3 Å².